The van der Waals surface area contributed by atoms with Crippen molar-refractivity contribution in [2.45, 2.75) is 11.7 Å². The number of benzene rings is 1. The first-order valence-electron chi connectivity index (χ1n) is 6.23. The standard InChI is InChI=1S/C13H14N2O5S/c16-8-3-1-2-7(11(8)18)12(19)14-4-5-15-10(17)6-9(21)13(15)20/h1-3,9,16,18,21H,4-6H2,(H,14,19)/t9-/m0/s1. The van der Waals surface area contributed by atoms with Crippen LogP contribution >= 0.6 is 12.6 Å². The number of thiol groups is 1. The second-order valence-electron chi connectivity index (χ2n) is 4.53. The van der Waals surface area contributed by atoms with Crippen molar-refractivity contribution in [1.82, 2.24) is 10.2 Å². The fourth-order valence-electron chi connectivity index (χ4n) is 1.99. The van der Waals surface area contributed by atoms with E-state index in [9.17, 15) is 24.6 Å². The molecule has 1 aliphatic heterocycles. The van der Waals surface area contributed by atoms with Crippen LogP contribution in [-0.4, -0.2) is 51.2 Å². The summed E-state index contributed by atoms with van der Waals surface area (Å²) < 4.78 is 0. The average molecular weight is 310 g/mol. The van der Waals surface area contributed by atoms with E-state index in [0.717, 1.165) is 4.90 Å². The van der Waals surface area contributed by atoms with Crippen molar-refractivity contribution in [2.24, 2.45) is 0 Å². The molecule has 0 bridgehead atoms. The topological polar surface area (TPSA) is 107 Å². The highest BCUT2D eigenvalue weighted by molar-refractivity contribution is 7.81. The molecule has 1 aromatic carbocycles. The van der Waals surface area contributed by atoms with E-state index in [2.05, 4.69) is 17.9 Å². The number of phenols is 2. The molecule has 7 nitrogen and oxygen atoms in total. The Kier molecular flexibility index (Phi) is 4.37. The maximum absolute atomic E-state index is 11.8. The Morgan fingerprint density at radius 1 is 1.38 bits per heavy atom. The second kappa shape index (κ2) is 6.04. The lowest BCUT2D eigenvalue weighted by Gasteiger charge is -2.14. The smallest absolute Gasteiger partial charge is 0.255 e. The van der Waals surface area contributed by atoms with Crippen molar-refractivity contribution >= 4 is 30.4 Å². The summed E-state index contributed by atoms with van der Waals surface area (Å²) >= 11 is 3.99. The monoisotopic (exact) mass is 310 g/mol. The van der Waals surface area contributed by atoms with E-state index in [4.69, 9.17) is 0 Å². The van der Waals surface area contributed by atoms with Gasteiger partial charge in [-0.3, -0.25) is 19.3 Å². The van der Waals surface area contributed by atoms with Crippen molar-refractivity contribution < 1.29 is 24.6 Å². The number of nitrogens with one attached hydrogen (secondary N) is 1. The van der Waals surface area contributed by atoms with Crippen molar-refractivity contribution in [3.8, 4) is 11.5 Å². The van der Waals surface area contributed by atoms with Crippen LogP contribution in [0.5, 0.6) is 11.5 Å². The first-order chi connectivity index (χ1) is 9.91. The summed E-state index contributed by atoms with van der Waals surface area (Å²) in [5.74, 6) is -2.22. The zero-order valence-electron chi connectivity index (χ0n) is 10.9. The van der Waals surface area contributed by atoms with Gasteiger partial charge in [-0.1, -0.05) is 6.07 Å². The largest absolute Gasteiger partial charge is 0.504 e. The number of carbonyl (C=O) groups excluding carboxylic acids is 3. The number of carbonyl (C=O) groups is 3. The molecular formula is C13H14N2O5S. The Balaban J connectivity index is 1.92. The molecule has 1 aliphatic rings. The molecule has 0 spiro atoms. The van der Waals surface area contributed by atoms with Gasteiger partial charge >= 0.3 is 0 Å². The molecule has 1 saturated heterocycles. The van der Waals surface area contributed by atoms with Crippen LogP contribution < -0.4 is 5.32 Å². The fourth-order valence-corrected chi connectivity index (χ4v) is 2.29. The van der Waals surface area contributed by atoms with Gasteiger partial charge in [0.2, 0.25) is 11.8 Å². The van der Waals surface area contributed by atoms with Gasteiger partial charge < -0.3 is 15.5 Å². The van der Waals surface area contributed by atoms with Gasteiger partial charge in [0.15, 0.2) is 11.5 Å². The number of phenolic OH excluding ortho intramolecular Hbond substituents is 2. The summed E-state index contributed by atoms with van der Waals surface area (Å²) in [5.41, 5.74) is -0.0823. The Morgan fingerprint density at radius 2 is 2.10 bits per heavy atom. The molecule has 0 radical (unpaired) electrons. The highest BCUT2D eigenvalue weighted by atomic mass is 32.1. The lowest BCUT2D eigenvalue weighted by molar-refractivity contribution is -0.138. The third kappa shape index (κ3) is 3.10. The van der Waals surface area contributed by atoms with Crippen molar-refractivity contribution in [1.29, 1.82) is 0 Å². The molecule has 3 N–H and O–H groups in total. The van der Waals surface area contributed by atoms with Crippen LogP contribution in [0.25, 0.3) is 0 Å². The molecule has 1 atom stereocenters. The van der Waals surface area contributed by atoms with E-state index in [0.29, 0.717) is 0 Å². The second-order valence-corrected chi connectivity index (χ2v) is 5.16. The SMILES string of the molecule is O=C(NCCN1C(=O)C[C@H](S)C1=O)c1cccc(O)c1O. The fraction of sp³-hybridized carbons (Fsp3) is 0.308. The highest BCUT2D eigenvalue weighted by Crippen LogP contribution is 2.27. The van der Waals surface area contributed by atoms with Crippen LogP contribution in [-0.2, 0) is 9.59 Å². The maximum Gasteiger partial charge on any atom is 0.255 e. The van der Waals surface area contributed by atoms with Crippen LogP contribution in [0.1, 0.15) is 16.8 Å². The van der Waals surface area contributed by atoms with Gasteiger partial charge in [0.05, 0.1) is 10.8 Å². The third-order valence-corrected chi connectivity index (χ3v) is 3.50. The van der Waals surface area contributed by atoms with Gasteiger partial charge in [0, 0.05) is 19.5 Å². The molecular weight excluding hydrogens is 296 g/mol. The van der Waals surface area contributed by atoms with E-state index < -0.39 is 22.7 Å². The van der Waals surface area contributed by atoms with Gasteiger partial charge in [-0.05, 0) is 12.1 Å². The third-order valence-electron chi connectivity index (χ3n) is 3.10. The molecule has 112 valence electrons. The Morgan fingerprint density at radius 3 is 2.71 bits per heavy atom. The number of amides is 3. The number of hydrogen-bond acceptors (Lipinski definition) is 6. The molecule has 0 unspecified atom stereocenters. The van der Waals surface area contributed by atoms with Crippen LogP contribution in [0.3, 0.4) is 0 Å². The predicted octanol–water partition coefficient (Wildman–Crippen LogP) is -0.115. The number of aromatic hydroxyl groups is 2. The van der Waals surface area contributed by atoms with Gasteiger partial charge in [-0.2, -0.15) is 12.6 Å². The van der Waals surface area contributed by atoms with Crippen LogP contribution in [0.2, 0.25) is 0 Å². The molecule has 21 heavy (non-hydrogen) atoms. The normalized spacial score (nSPS) is 18.1. The quantitative estimate of drug-likeness (QED) is 0.352. The summed E-state index contributed by atoms with van der Waals surface area (Å²) in [6, 6.07) is 4.02. The van der Waals surface area contributed by atoms with E-state index in [1.807, 2.05) is 0 Å². The Bertz CT molecular complexity index is 604. The molecule has 1 aromatic rings. The molecule has 8 heteroatoms. The molecule has 0 aromatic heterocycles. The number of imide groups is 1. The van der Waals surface area contributed by atoms with Gasteiger partial charge in [0.1, 0.15) is 0 Å². The predicted molar refractivity (Wildman–Crippen MR) is 76.2 cm³/mol. The lowest BCUT2D eigenvalue weighted by atomic mass is 10.1. The van der Waals surface area contributed by atoms with Gasteiger partial charge in [-0.25, -0.2) is 0 Å². The summed E-state index contributed by atoms with van der Waals surface area (Å²) in [7, 11) is 0. The number of likely N-dealkylation sites (tertiary alicyclic amines) is 1. The number of rotatable bonds is 4. The molecule has 0 saturated carbocycles. The summed E-state index contributed by atoms with van der Waals surface area (Å²) in [6.45, 7) is 0.0892. The van der Waals surface area contributed by atoms with Crippen LogP contribution in [0.15, 0.2) is 18.2 Å². The van der Waals surface area contributed by atoms with Crippen molar-refractivity contribution in [2.75, 3.05) is 13.1 Å². The minimum absolute atomic E-state index is 0.0417. The van der Waals surface area contributed by atoms with Crippen LogP contribution in [0, 0.1) is 0 Å². The molecule has 0 aliphatic carbocycles. The minimum atomic E-state index is -0.622. The van der Waals surface area contributed by atoms with E-state index in [1.165, 1.54) is 18.2 Å². The number of hydrogen-bond donors (Lipinski definition) is 4. The molecule has 2 rings (SSSR count). The number of para-hydroxylation sites is 1. The highest BCUT2D eigenvalue weighted by Gasteiger charge is 2.35. The molecule has 1 fully saturated rings. The Labute approximate surface area is 126 Å². The van der Waals surface area contributed by atoms with Crippen molar-refractivity contribution in [3.63, 3.8) is 0 Å². The minimum Gasteiger partial charge on any atom is -0.504 e. The van der Waals surface area contributed by atoms with E-state index in [1.54, 1.807) is 0 Å². The molecule has 3 amide bonds. The van der Waals surface area contributed by atoms with Crippen molar-refractivity contribution in [3.05, 3.63) is 23.8 Å². The lowest BCUT2D eigenvalue weighted by Crippen LogP contribution is -2.38. The summed E-state index contributed by atoms with van der Waals surface area (Å²) in [6.07, 6.45) is 0.0588. The van der Waals surface area contributed by atoms with Gasteiger partial charge in [0.25, 0.3) is 5.91 Å². The van der Waals surface area contributed by atoms with Crippen LogP contribution in [0.4, 0.5) is 0 Å². The average Bonchev–Trinajstić information content (AvgIpc) is 2.68. The first kappa shape index (κ1) is 15.2. The zero-order chi connectivity index (χ0) is 15.6. The van der Waals surface area contributed by atoms with E-state index >= 15 is 0 Å². The zero-order valence-corrected chi connectivity index (χ0v) is 11.8. The summed E-state index contributed by atoms with van der Waals surface area (Å²) in [4.78, 5) is 36.0. The summed E-state index contributed by atoms with van der Waals surface area (Å²) in [5, 5.41) is 20.7. The van der Waals surface area contributed by atoms with E-state index in [-0.39, 0.29) is 36.9 Å². The first-order valence-corrected chi connectivity index (χ1v) is 6.75. The Hall–Kier alpha value is -2.22. The molecule has 1 heterocycles. The maximum atomic E-state index is 11.8. The number of nitrogens with zero attached hydrogens (tertiary/aromatic N) is 1. The van der Waals surface area contributed by atoms with Gasteiger partial charge in [-0.15, -0.1) is 0 Å².